The summed E-state index contributed by atoms with van der Waals surface area (Å²) in [5.41, 5.74) is 1.21. The quantitative estimate of drug-likeness (QED) is 0.541. The molecule has 8 nitrogen and oxygen atoms in total. The number of sulfonamides is 1. The van der Waals surface area contributed by atoms with Crippen molar-refractivity contribution in [2.45, 2.75) is 4.90 Å². The van der Waals surface area contributed by atoms with Crippen LogP contribution in [0.25, 0.3) is 10.2 Å². The predicted molar refractivity (Wildman–Crippen MR) is 127 cm³/mol. The van der Waals surface area contributed by atoms with Crippen molar-refractivity contribution in [1.29, 1.82) is 0 Å². The van der Waals surface area contributed by atoms with Gasteiger partial charge in [0.15, 0.2) is 10.9 Å². The molecule has 4 rings (SSSR count). The molecule has 0 aliphatic carbocycles. The van der Waals surface area contributed by atoms with Crippen LogP contribution in [0.3, 0.4) is 0 Å². The van der Waals surface area contributed by atoms with Crippen LogP contribution >= 0.6 is 22.9 Å². The summed E-state index contributed by atoms with van der Waals surface area (Å²) >= 11 is 7.77. The SMILES string of the molecule is COc1c(Cl)ccc2sc(N3CCN(C(=O)c4ccc(S(=O)(=O)N(C)C)cc4)CC3)nc12. The Morgan fingerprint density at radius 1 is 1.09 bits per heavy atom. The molecule has 0 unspecified atom stereocenters. The molecule has 2 heterocycles. The molecule has 1 aromatic heterocycles. The number of hydrogen-bond acceptors (Lipinski definition) is 7. The Balaban J connectivity index is 1.45. The molecule has 0 saturated carbocycles. The minimum Gasteiger partial charge on any atom is -0.493 e. The van der Waals surface area contributed by atoms with Crippen molar-refractivity contribution in [2.24, 2.45) is 0 Å². The van der Waals surface area contributed by atoms with E-state index in [9.17, 15) is 13.2 Å². The van der Waals surface area contributed by atoms with Crippen LogP contribution in [0.2, 0.25) is 5.02 Å². The number of benzene rings is 2. The van der Waals surface area contributed by atoms with Crippen molar-refractivity contribution in [2.75, 3.05) is 52.3 Å². The van der Waals surface area contributed by atoms with Gasteiger partial charge in [-0.2, -0.15) is 0 Å². The maximum atomic E-state index is 12.9. The number of carbonyl (C=O) groups excluding carboxylic acids is 1. The summed E-state index contributed by atoms with van der Waals surface area (Å²) in [6.07, 6.45) is 0. The van der Waals surface area contributed by atoms with E-state index in [4.69, 9.17) is 21.3 Å². The van der Waals surface area contributed by atoms with Gasteiger partial charge in [-0.1, -0.05) is 22.9 Å². The number of anilines is 1. The minimum atomic E-state index is -3.52. The second-order valence-electron chi connectivity index (χ2n) is 7.51. The number of fused-ring (bicyclic) bond motifs is 1. The summed E-state index contributed by atoms with van der Waals surface area (Å²) < 4.78 is 32.0. The number of thiazole rings is 1. The lowest BCUT2D eigenvalue weighted by molar-refractivity contribution is 0.0746. The fraction of sp³-hybridized carbons (Fsp3) is 0.333. The summed E-state index contributed by atoms with van der Waals surface area (Å²) in [6.45, 7) is 2.39. The number of piperazine rings is 1. The molecule has 0 bridgehead atoms. The minimum absolute atomic E-state index is 0.115. The van der Waals surface area contributed by atoms with Gasteiger partial charge in [-0.05, 0) is 36.4 Å². The summed E-state index contributed by atoms with van der Waals surface area (Å²) in [7, 11) is 1.01. The van der Waals surface area contributed by atoms with E-state index >= 15 is 0 Å². The van der Waals surface area contributed by atoms with Gasteiger partial charge < -0.3 is 14.5 Å². The second kappa shape index (κ2) is 8.86. The Kier molecular flexibility index (Phi) is 6.30. The highest BCUT2D eigenvalue weighted by Crippen LogP contribution is 2.38. The summed E-state index contributed by atoms with van der Waals surface area (Å²) in [4.78, 5) is 21.7. The van der Waals surface area contributed by atoms with Gasteiger partial charge in [-0.3, -0.25) is 4.79 Å². The first-order valence-electron chi connectivity index (χ1n) is 9.92. The Hall–Kier alpha value is -2.40. The number of rotatable bonds is 5. The van der Waals surface area contributed by atoms with Gasteiger partial charge in [0, 0.05) is 45.8 Å². The Bertz CT molecular complexity index is 1250. The van der Waals surface area contributed by atoms with E-state index in [1.807, 2.05) is 6.07 Å². The van der Waals surface area contributed by atoms with E-state index in [0.717, 1.165) is 19.7 Å². The van der Waals surface area contributed by atoms with Crippen LogP contribution in [0.15, 0.2) is 41.3 Å². The zero-order chi connectivity index (χ0) is 23.0. The van der Waals surface area contributed by atoms with Gasteiger partial charge in [0.2, 0.25) is 10.0 Å². The zero-order valence-electron chi connectivity index (χ0n) is 17.9. The highest BCUT2D eigenvalue weighted by Gasteiger charge is 2.25. The number of methoxy groups -OCH3 is 1. The number of nitrogens with zero attached hydrogens (tertiary/aromatic N) is 4. The monoisotopic (exact) mass is 494 g/mol. The van der Waals surface area contributed by atoms with E-state index in [2.05, 4.69) is 4.90 Å². The molecule has 11 heteroatoms. The topological polar surface area (TPSA) is 83.0 Å². The first-order chi connectivity index (χ1) is 15.2. The summed E-state index contributed by atoms with van der Waals surface area (Å²) in [5.74, 6) is 0.455. The van der Waals surface area contributed by atoms with Gasteiger partial charge in [-0.25, -0.2) is 17.7 Å². The molecule has 1 amide bonds. The fourth-order valence-corrected chi connectivity index (χ4v) is 5.67. The Labute approximate surface area is 196 Å². The number of ether oxygens (including phenoxy) is 1. The first-order valence-corrected chi connectivity index (χ1v) is 12.6. The van der Waals surface area contributed by atoms with Crippen molar-refractivity contribution in [3.63, 3.8) is 0 Å². The molecule has 1 fully saturated rings. The maximum Gasteiger partial charge on any atom is 0.253 e. The molecule has 3 aromatic rings. The largest absolute Gasteiger partial charge is 0.493 e. The Morgan fingerprint density at radius 3 is 2.34 bits per heavy atom. The van der Waals surface area contributed by atoms with Gasteiger partial charge in [0.1, 0.15) is 5.52 Å². The number of carbonyl (C=O) groups is 1. The van der Waals surface area contributed by atoms with Crippen molar-refractivity contribution >= 4 is 54.2 Å². The molecular weight excluding hydrogens is 472 g/mol. The average molecular weight is 495 g/mol. The fourth-order valence-electron chi connectivity index (χ4n) is 3.53. The van der Waals surface area contributed by atoms with Crippen LogP contribution in [0.5, 0.6) is 5.75 Å². The second-order valence-corrected chi connectivity index (χ2v) is 11.1. The van der Waals surface area contributed by atoms with Crippen LogP contribution in [0, 0.1) is 0 Å². The highest BCUT2D eigenvalue weighted by atomic mass is 35.5. The highest BCUT2D eigenvalue weighted by molar-refractivity contribution is 7.89. The molecule has 2 aromatic carbocycles. The number of halogens is 1. The third kappa shape index (κ3) is 4.15. The summed E-state index contributed by atoms with van der Waals surface area (Å²) in [5, 5.41) is 1.39. The Morgan fingerprint density at radius 2 is 1.75 bits per heavy atom. The first kappa shape index (κ1) is 22.8. The van der Waals surface area contributed by atoms with E-state index in [1.54, 1.807) is 41.5 Å². The standard InChI is InChI=1S/C21H23ClN4O4S2/c1-24(2)32(28,29)15-6-4-14(5-7-15)20(27)25-10-12-26(13-11-25)21-23-18-17(31-21)9-8-16(22)19(18)30-3/h4-9H,10-13H2,1-3H3. The molecular formula is C21H23ClN4O4S2. The van der Waals surface area contributed by atoms with Crippen LogP contribution < -0.4 is 9.64 Å². The van der Waals surface area contributed by atoms with Gasteiger partial charge in [0.05, 0.1) is 21.7 Å². The number of amides is 1. The van der Waals surface area contributed by atoms with E-state index in [0.29, 0.717) is 42.5 Å². The molecule has 0 atom stereocenters. The molecule has 0 spiro atoms. The third-order valence-electron chi connectivity index (χ3n) is 5.38. The van der Waals surface area contributed by atoms with Crippen LogP contribution in [-0.2, 0) is 10.0 Å². The van der Waals surface area contributed by atoms with Crippen molar-refractivity contribution in [3.05, 3.63) is 47.0 Å². The van der Waals surface area contributed by atoms with Gasteiger partial charge in [-0.15, -0.1) is 0 Å². The van der Waals surface area contributed by atoms with Crippen molar-refractivity contribution in [3.8, 4) is 5.75 Å². The number of aromatic nitrogens is 1. The average Bonchev–Trinajstić information content (AvgIpc) is 3.23. The molecule has 32 heavy (non-hydrogen) atoms. The van der Waals surface area contributed by atoms with Crippen molar-refractivity contribution in [1.82, 2.24) is 14.2 Å². The third-order valence-corrected chi connectivity index (χ3v) is 8.58. The predicted octanol–water partition coefficient (Wildman–Crippen LogP) is 3.17. The normalized spacial score (nSPS) is 14.9. The molecule has 1 saturated heterocycles. The smallest absolute Gasteiger partial charge is 0.253 e. The lowest BCUT2D eigenvalue weighted by atomic mass is 10.2. The van der Waals surface area contributed by atoms with Crippen LogP contribution in [0.1, 0.15) is 10.4 Å². The number of hydrogen-bond donors (Lipinski definition) is 0. The zero-order valence-corrected chi connectivity index (χ0v) is 20.3. The van der Waals surface area contributed by atoms with Gasteiger partial charge >= 0.3 is 0 Å². The molecule has 1 aliphatic heterocycles. The molecule has 0 radical (unpaired) electrons. The molecule has 170 valence electrons. The van der Waals surface area contributed by atoms with E-state index < -0.39 is 10.0 Å². The van der Waals surface area contributed by atoms with E-state index in [-0.39, 0.29) is 10.8 Å². The van der Waals surface area contributed by atoms with Crippen molar-refractivity contribution < 1.29 is 17.9 Å². The lowest BCUT2D eigenvalue weighted by Gasteiger charge is -2.34. The van der Waals surface area contributed by atoms with E-state index in [1.165, 1.54) is 26.2 Å². The van der Waals surface area contributed by atoms with Gasteiger partial charge in [0.25, 0.3) is 5.91 Å². The van der Waals surface area contributed by atoms with Crippen LogP contribution in [-0.4, -0.2) is 75.9 Å². The lowest BCUT2D eigenvalue weighted by Crippen LogP contribution is -2.48. The maximum absolute atomic E-state index is 12.9. The molecule has 1 aliphatic rings. The summed E-state index contributed by atoms with van der Waals surface area (Å²) in [6, 6.07) is 9.80. The van der Waals surface area contributed by atoms with Crippen LogP contribution in [0.4, 0.5) is 5.13 Å². The molecule has 0 N–H and O–H groups in total.